The van der Waals surface area contributed by atoms with Crippen LogP contribution in [0.25, 0.3) is 0 Å². The number of halogens is 5. The van der Waals surface area contributed by atoms with Crippen LogP contribution in [-0.2, 0) is 6.18 Å². The summed E-state index contributed by atoms with van der Waals surface area (Å²) in [5.41, 5.74) is 1.27. The van der Waals surface area contributed by atoms with E-state index in [1.807, 2.05) is 12.2 Å². The molecular weight excluding hydrogens is 370 g/mol. The highest BCUT2D eigenvalue weighted by Crippen LogP contribution is 2.53. The van der Waals surface area contributed by atoms with Gasteiger partial charge in [0.25, 0.3) is 0 Å². The smallest absolute Gasteiger partial charge is 0.378 e. The van der Waals surface area contributed by atoms with Crippen LogP contribution in [0, 0.1) is 5.92 Å². The van der Waals surface area contributed by atoms with Gasteiger partial charge < -0.3 is 5.32 Å². The van der Waals surface area contributed by atoms with E-state index in [0.717, 1.165) is 11.6 Å². The van der Waals surface area contributed by atoms with Crippen molar-refractivity contribution in [2.75, 3.05) is 5.32 Å². The predicted molar refractivity (Wildman–Crippen MR) is 94.3 cm³/mol. The molecule has 2 aliphatic rings. The van der Waals surface area contributed by atoms with E-state index in [1.165, 1.54) is 6.07 Å². The Morgan fingerprint density at radius 3 is 2.60 bits per heavy atom. The lowest BCUT2D eigenvalue weighted by molar-refractivity contribution is -0.138. The fourth-order valence-electron chi connectivity index (χ4n) is 3.98. The van der Waals surface area contributed by atoms with Crippen molar-refractivity contribution in [3.05, 3.63) is 75.3 Å². The maximum atomic E-state index is 13.5. The highest BCUT2D eigenvalue weighted by molar-refractivity contribution is 6.35. The zero-order valence-electron chi connectivity index (χ0n) is 12.9. The summed E-state index contributed by atoms with van der Waals surface area (Å²) in [5.74, 6) is -0.0398. The fraction of sp³-hybridized carbons (Fsp3) is 0.263. The zero-order valence-corrected chi connectivity index (χ0v) is 14.5. The van der Waals surface area contributed by atoms with Gasteiger partial charge in [0, 0.05) is 27.2 Å². The molecule has 1 N–H and O–H groups in total. The molecular formula is C19H14Cl2F3N. The number of fused-ring (bicyclic) bond motifs is 3. The van der Waals surface area contributed by atoms with Gasteiger partial charge in [0.05, 0.1) is 11.6 Å². The first-order valence-corrected chi connectivity index (χ1v) is 8.70. The number of benzene rings is 2. The van der Waals surface area contributed by atoms with Crippen molar-refractivity contribution in [1.82, 2.24) is 0 Å². The molecule has 1 aliphatic heterocycles. The van der Waals surface area contributed by atoms with E-state index in [1.54, 1.807) is 24.3 Å². The minimum absolute atomic E-state index is 0.0188. The monoisotopic (exact) mass is 383 g/mol. The van der Waals surface area contributed by atoms with Crippen LogP contribution in [0.1, 0.15) is 35.1 Å². The van der Waals surface area contributed by atoms with Crippen LogP contribution >= 0.6 is 23.2 Å². The third-order valence-electron chi connectivity index (χ3n) is 4.98. The zero-order chi connectivity index (χ0) is 17.8. The van der Waals surface area contributed by atoms with Crippen molar-refractivity contribution in [2.45, 2.75) is 24.6 Å². The minimum atomic E-state index is -4.40. The second-order valence-corrected chi connectivity index (χ2v) is 7.25. The van der Waals surface area contributed by atoms with Crippen LogP contribution in [0.2, 0.25) is 10.0 Å². The molecule has 1 aliphatic carbocycles. The molecule has 0 amide bonds. The van der Waals surface area contributed by atoms with Gasteiger partial charge in [-0.05, 0) is 36.1 Å². The highest BCUT2D eigenvalue weighted by Gasteiger charge is 2.43. The van der Waals surface area contributed by atoms with Gasteiger partial charge >= 0.3 is 6.18 Å². The molecule has 0 radical (unpaired) electrons. The van der Waals surface area contributed by atoms with Crippen molar-refractivity contribution in [3.63, 3.8) is 0 Å². The third-order valence-corrected chi connectivity index (χ3v) is 5.51. The molecule has 2 aromatic carbocycles. The lowest BCUT2D eigenvalue weighted by Crippen LogP contribution is -2.31. The lowest BCUT2D eigenvalue weighted by atomic mass is 9.76. The minimum Gasteiger partial charge on any atom is -0.378 e. The first-order chi connectivity index (χ1) is 11.9. The number of hydrogen-bond acceptors (Lipinski definition) is 1. The molecule has 3 unspecified atom stereocenters. The molecule has 0 aromatic heterocycles. The summed E-state index contributed by atoms with van der Waals surface area (Å²) in [5, 5.41) is 4.27. The molecule has 1 nitrogen and oxygen atoms in total. The summed E-state index contributed by atoms with van der Waals surface area (Å²) in [6.07, 6.45) is 0.354. The molecule has 1 heterocycles. The van der Waals surface area contributed by atoms with Gasteiger partial charge in [-0.25, -0.2) is 0 Å². The second-order valence-electron chi connectivity index (χ2n) is 6.41. The largest absolute Gasteiger partial charge is 0.416 e. The van der Waals surface area contributed by atoms with Gasteiger partial charge in [-0.3, -0.25) is 0 Å². The summed E-state index contributed by atoms with van der Waals surface area (Å²) < 4.78 is 40.5. The van der Waals surface area contributed by atoms with E-state index in [4.69, 9.17) is 23.2 Å². The predicted octanol–water partition coefficient (Wildman–Crippen LogP) is 6.84. The van der Waals surface area contributed by atoms with Crippen LogP contribution in [0.3, 0.4) is 0 Å². The summed E-state index contributed by atoms with van der Waals surface area (Å²) in [6.45, 7) is 0. The van der Waals surface area contributed by atoms with E-state index in [-0.39, 0.29) is 17.4 Å². The van der Waals surface area contributed by atoms with Crippen molar-refractivity contribution in [2.24, 2.45) is 5.92 Å². The Morgan fingerprint density at radius 1 is 1.08 bits per heavy atom. The highest BCUT2D eigenvalue weighted by atomic mass is 35.5. The molecule has 0 bridgehead atoms. The van der Waals surface area contributed by atoms with Crippen LogP contribution < -0.4 is 5.32 Å². The van der Waals surface area contributed by atoms with E-state index in [2.05, 4.69) is 5.32 Å². The molecule has 2 aromatic rings. The fourth-order valence-corrected chi connectivity index (χ4v) is 4.60. The van der Waals surface area contributed by atoms with Crippen molar-refractivity contribution < 1.29 is 13.2 Å². The molecule has 4 rings (SSSR count). The van der Waals surface area contributed by atoms with Gasteiger partial charge in [-0.1, -0.05) is 53.6 Å². The van der Waals surface area contributed by atoms with Gasteiger partial charge in [0.15, 0.2) is 0 Å². The number of anilines is 1. The molecule has 0 saturated heterocycles. The number of alkyl halides is 3. The molecule has 0 fully saturated rings. The summed E-state index contributed by atoms with van der Waals surface area (Å²) >= 11 is 12.5. The Bertz CT molecular complexity index is 860. The quantitative estimate of drug-likeness (QED) is 0.531. The van der Waals surface area contributed by atoms with E-state index < -0.39 is 17.8 Å². The number of nitrogens with one attached hydrogen (secondary N) is 1. The van der Waals surface area contributed by atoms with Gasteiger partial charge in [0.1, 0.15) is 0 Å². The molecule has 6 heteroatoms. The van der Waals surface area contributed by atoms with Gasteiger partial charge in [0.2, 0.25) is 0 Å². The average molecular weight is 384 g/mol. The van der Waals surface area contributed by atoms with Crippen molar-refractivity contribution in [1.29, 1.82) is 0 Å². The second kappa shape index (κ2) is 5.96. The SMILES string of the molecule is FC(F)(F)c1ccccc1C1Nc2cc(Cl)cc(Cl)c2C2C=CCC21. The first kappa shape index (κ1) is 16.8. The third kappa shape index (κ3) is 2.81. The van der Waals surface area contributed by atoms with Crippen LogP contribution in [-0.4, -0.2) is 0 Å². The number of hydrogen-bond donors (Lipinski definition) is 1. The summed E-state index contributed by atoms with van der Waals surface area (Å²) in [6, 6.07) is 8.69. The van der Waals surface area contributed by atoms with Crippen LogP contribution in [0.15, 0.2) is 48.6 Å². The Hall–Kier alpha value is -1.65. The summed E-state index contributed by atoms with van der Waals surface area (Å²) in [7, 11) is 0. The Morgan fingerprint density at radius 2 is 1.84 bits per heavy atom. The normalized spacial score (nSPS) is 24.6. The molecule has 25 heavy (non-hydrogen) atoms. The maximum Gasteiger partial charge on any atom is 0.416 e. The average Bonchev–Trinajstić information content (AvgIpc) is 3.02. The van der Waals surface area contributed by atoms with Crippen LogP contribution in [0.4, 0.5) is 18.9 Å². The topological polar surface area (TPSA) is 12.0 Å². The van der Waals surface area contributed by atoms with Gasteiger partial charge in [-0.2, -0.15) is 13.2 Å². The maximum absolute atomic E-state index is 13.5. The molecule has 0 saturated carbocycles. The molecule has 0 spiro atoms. The number of rotatable bonds is 1. The Balaban J connectivity index is 1.86. The van der Waals surface area contributed by atoms with E-state index in [0.29, 0.717) is 22.2 Å². The first-order valence-electron chi connectivity index (χ1n) is 7.94. The lowest BCUT2D eigenvalue weighted by Gasteiger charge is -2.39. The van der Waals surface area contributed by atoms with Crippen LogP contribution in [0.5, 0.6) is 0 Å². The number of allylic oxidation sites excluding steroid dienone is 2. The Labute approximate surface area is 153 Å². The van der Waals surface area contributed by atoms with Crippen molar-refractivity contribution >= 4 is 28.9 Å². The molecule has 3 atom stereocenters. The van der Waals surface area contributed by atoms with Crippen molar-refractivity contribution in [3.8, 4) is 0 Å². The summed E-state index contributed by atoms with van der Waals surface area (Å²) in [4.78, 5) is 0. The van der Waals surface area contributed by atoms with Gasteiger partial charge in [-0.15, -0.1) is 0 Å². The molecule has 130 valence electrons. The van der Waals surface area contributed by atoms with E-state index >= 15 is 0 Å². The standard InChI is InChI=1S/C19H14Cl2F3N/c20-10-8-15(21)17-11-5-3-6-12(11)18(25-16(17)9-10)13-4-1-2-7-14(13)19(22,23)24/h1-5,7-9,11-12,18,25H,6H2. The van der Waals surface area contributed by atoms with E-state index in [9.17, 15) is 13.2 Å². The Kier molecular flexibility index (Phi) is 4.00.